The van der Waals surface area contributed by atoms with Gasteiger partial charge in [0.2, 0.25) is 5.91 Å². The van der Waals surface area contributed by atoms with E-state index in [2.05, 4.69) is 26.2 Å². The zero-order valence-corrected chi connectivity index (χ0v) is 16.6. The Morgan fingerprint density at radius 3 is 2.73 bits per heavy atom. The highest BCUT2D eigenvalue weighted by atomic mass is 79.9. The lowest BCUT2D eigenvalue weighted by Gasteiger charge is -2.18. The van der Waals surface area contributed by atoms with Crippen LogP contribution < -0.4 is 10.9 Å². The van der Waals surface area contributed by atoms with E-state index in [-0.39, 0.29) is 30.3 Å². The molecule has 0 aliphatic rings. The summed E-state index contributed by atoms with van der Waals surface area (Å²) in [6.45, 7) is 4.09. The molecule has 140 valence electrons. The minimum absolute atomic E-state index is 0.0622. The van der Waals surface area contributed by atoms with Gasteiger partial charge in [-0.1, -0.05) is 29.8 Å². The van der Waals surface area contributed by atoms with E-state index in [0.717, 1.165) is 4.47 Å². The minimum Gasteiger partial charge on any atom is -0.467 e. The Balaban J connectivity index is 2.06. The number of fused-ring (bicyclic) bond motifs is 1. The number of carbonyl (C=O) groups excluding carboxylic acids is 2. The quantitative estimate of drug-likeness (QED) is 0.689. The van der Waals surface area contributed by atoms with Gasteiger partial charge in [0.25, 0.3) is 5.56 Å². The Morgan fingerprint density at radius 1 is 1.35 bits per heavy atom. The summed E-state index contributed by atoms with van der Waals surface area (Å²) in [5.41, 5.74) is 0.386. The maximum Gasteiger partial charge on any atom is 0.328 e. The molecule has 1 atom stereocenters. The summed E-state index contributed by atoms with van der Waals surface area (Å²) in [4.78, 5) is 40.7. The van der Waals surface area contributed by atoms with Crippen molar-refractivity contribution < 1.29 is 14.3 Å². The maximum absolute atomic E-state index is 12.5. The summed E-state index contributed by atoms with van der Waals surface area (Å²) < 4.78 is 6.91. The molecule has 8 heteroatoms. The third-order valence-electron chi connectivity index (χ3n) is 3.89. The van der Waals surface area contributed by atoms with Crippen molar-refractivity contribution in [3.8, 4) is 0 Å². The first-order valence-electron chi connectivity index (χ1n) is 8.33. The van der Waals surface area contributed by atoms with Crippen LogP contribution in [0.4, 0.5) is 0 Å². The van der Waals surface area contributed by atoms with Gasteiger partial charge in [-0.2, -0.15) is 0 Å². The summed E-state index contributed by atoms with van der Waals surface area (Å²) in [5.74, 6) is -0.561. The van der Waals surface area contributed by atoms with E-state index in [1.807, 2.05) is 19.9 Å². The number of benzene rings is 1. The van der Waals surface area contributed by atoms with Crippen LogP contribution in [0.3, 0.4) is 0 Å². The fourth-order valence-corrected chi connectivity index (χ4v) is 2.97. The summed E-state index contributed by atoms with van der Waals surface area (Å²) in [6, 6.07) is 4.59. The molecule has 0 radical (unpaired) electrons. The first-order chi connectivity index (χ1) is 12.3. The highest BCUT2D eigenvalue weighted by molar-refractivity contribution is 9.10. The molecular formula is C18H22BrN3O4. The largest absolute Gasteiger partial charge is 0.467 e. The molecule has 1 unspecified atom stereocenters. The zero-order chi connectivity index (χ0) is 19.3. The normalized spacial score (nSPS) is 12.2. The smallest absolute Gasteiger partial charge is 0.328 e. The predicted molar refractivity (Wildman–Crippen MR) is 102 cm³/mol. The Hall–Kier alpha value is -2.22. The Morgan fingerprint density at radius 2 is 2.08 bits per heavy atom. The number of hydrogen-bond donors (Lipinski definition) is 1. The van der Waals surface area contributed by atoms with E-state index < -0.39 is 12.0 Å². The molecule has 1 N–H and O–H groups in total. The number of hydrogen-bond acceptors (Lipinski definition) is 5. The molecule has 0 aliphatic carbocycles. The highest BCUT2D eigenvalue weighted by Crippen LogP contribution is 2.14. The van der Waals surface area contributed by atoms with Crippen molar-refractivity contribution >= 4 is 38.7 Å². The van der Waals surface area contributed by atoms with Gasteiger partial charge in [-0.25, -0.2) is 9.78 Å². The van der Waals surface area contributed by atoms with Crippen LogP contribution >= 0.6 is 15.9 Å². The number of carbonyl (C=O) groups is 2. The summed E-state index contributed by atoms with van der Waals surface area (Å²) in [5, 5.41) is 3.16. The number of ether oxygens (including phenoxy) is 1. The Kier molecular flexibility index (Phi) is 6.90. The van der Waals surface area contributed by atoms with Gasteiger partial charge in [0.05, 0.1) is 24.3 Å². The number of nitrogens with zero attached hydrogens (tertiary/aromatic N) is 2. The number of esters is 1. The molecule has 0 saturated carbocycles. The maximum atomic E-state index is 12.5. The number of aromatic nitrogens is 2. The van der Waals surface area contributed by atoms with Crippen LogP contribution in [0.1, 0.15) is 26.7 Å². The lowest BCUT2D eigenvalue weighted by Crippen LogP contribution is -2.42. The second kappa shape index (κ2) is 8.93. The van der Waals surface area contributed by atoms with Crippen LogP contribution in [0.2, 0.25) is 0 Å². The molecule has 7 nitrogen and oxygen atoms in total. The molecule has 2 rings (SSSR count). The molecule has 1 aromatic carbocycles. The van der Waals surface area contributed by atoms with Crippen molar-refractivity contribution in [2.24, 2.45) is 5.92 Å². The van der Waals surface area contributed by atoms with Crippen LogP contribution in [0.15, 0.2) is 33.8 Å². The molecule has 2 aromatic rings. The van der Waals surface area contributed by atoms with Gasteiger partial charge in [0, 0.05) is 17.4 Å². The molecule has 26 heavy (non-hydrogen) atoms. The van der Waals surface area contributed by atoms with Crippen molar-refractivity contribution in [1.29, 1.82) is 0 Å². The van der Waals surface area contributed by atoms with Crippen LogP contribution in [0.5, 0.6) is 0 Å². The molecule has 0 spiro atoms. The number of nitrogens with one attached hydrogen (secondary N) is 1. The number of halogens is 1. The van der Waals surface area contributed by atoms with Gasteiger partial charge < -0.3 is 10.1 Å². The van der Waals surface area contributed by atoms with Crippen LogP contribution in [0, 0.1) is 5.92 Å². The standard InChI is InChI=1S/C18H22BrN3O4/c1-11(2)8-15(18(25)26-3)21-16(23)6-7-22-10-20-14-5-4-12(19)9-13(14)17(22)24/h4-5,9-11,15H,6-8H2,1-3H3,(H,21,23). The number of aryl methyl sites for hydroxylation is 1. The SMILES string of the molecule is COC(=O)C(CC(C)C)NC(=O)CCn1cnc2ccc(Br)cc2c1=O. The van der Waals surface area contributed by atoms with Crippen LogP contribution in [-0.2, 0) is 20.9 Å². The second-order valence-electron chi connectivity index (χ2n) is 6.43. The topological polar surface area (TPSA) is 90.3 Å². The van der Waals surface area contributed by atoms with E-state index in [9.17, 15) is 14.4 Å². The molecule has 1 aromatic heterocycles. The first kappa shape index (κ1) is 20.1. The molecule has 0 saturated heterocycles. The summed E-state index contributed by atoms with van der Waals surface area (Å²) in [7, 11) is 1.29. The van der Waals surface area contributed by atoms with Crippen molar-refractivity contribution in [2.45, 2.75) is 39.3 Å². The molecule has 1 heterocycles. The third-order valence-corrected chi connectivity index (χ3v) is 4.39. The Labute approximate surface area is 159 Å². The molecule has 0 aliphatic heterocycles. The Bertz CT molecular complexity index is 863. The van der Waals surface area contributed by atoms with Crippen LogP contribution in [-0.4, -0.2) is 34.6 Å². The fourth-order valence-electron chi connectivity index (χ4n) is 2.61. The van der Waals surface area contributed by atoms with Crippen molar-refractivity contribution in [3.05, 3.63) is 39.4 Å². The predicted octanol–water partition coefficient (Wildman–Crippen LogP) is 2.25. The van der Waals surface area contributed by atoms with Gasteiger partial charge in [-0.05, 0) is 30.5 Å². The van der Waals surface area contributed by atoms with Gasteiger partial charge in [-0.3, -0.25) is 14.2 Å². The third kappa shape index (κ3) is 5.14. The lowest BCUT2D eigenvalue weighted by molar-refractivity contribution is -0.145. The number of amides is 1. The average molecular weight is 424 g/mol. The van der Waals surface area contributed by atoms with E-state index >= 15 is 0 Å². The first-order valence-corrected chi connectivity index (χ1v) is 9.13. The second-order valence-corrected chi connectivity index (χ2v) is 7.34. The number of rotatable bonds is 7. The van der Waals surface area contributed by atoms with Crippen LogP contribution in [0.25, 0.3) is 10.9 Å². The molecule has 0 fully saturated rings. The van der Waals surface area contributed by atoms with Crippen molar-refractivity contribution in [2.75, 3.05) is 7.11 Å². The molecule has 1 amide bonds. The average Bonchev–Trinajstić information content (AvgIpc) is 2.60. The summed E-state index contributed by atoms with van der Waals surface area (Å²) >= 11 is 3.34. The van der Waals surface area contributed by atoms with Gasteiger partial charge >= 0.3 is 5.97 Å². The lowest BCUT2D eigenvalue weighted by atomic mass is 10.0. The zero-order valence-electron chi connectivity index (χ0n) is 15.0. The fraction of sp³-hybridized carbons (Fsp3) is 0.444. The van der Waals surface area contributed by atoms with Gasteiger partial charge in [-0.15, -0.1) is 0 Å². The van der Waals surface area contributed by atoms with Gasteiger partial charge in [0.15, 0.2) is 0 Å². The number of methoxy groups -OCH3 is 1. The van der Waals surface area contributed by atoms with E-state index in [1.54, 1.807) is 12.1 Å². The minimum atomic E-state index is -0.685. The van der Waals surface area contributed by atoms with Gasteiger partial charge in [0.1, 0.15) is 6.04 Å². The highest BCUT2D eigenvalue weighted by Gasteiger charge is 2.22. The van der Waals surface area contributed by atoms with E-state index in [0.29, 0.717) is 17.3 Å². The molecule has 0 bridgehead atoms. The monoisotopic (exact) mass is 423 g/mol. The van der Waals surface area contributed by atoms with Crippen molar-refractivity contribution in [3.63, 3.8) is 0 Å². The van der Waals surface area contributed by atoms with E-state index in [1.165, 1.54) is 18.0 Å². The van der Waals surface area contributed by atoms with E-state index in [4.69, 9.17) is 4.74 Å². The molecular weight excluding hydrogens is 402 g/mol. The summed E-state index contributed by atoms with van der Waals surface area (Å²) in [6.07, 6.45) is 1.98. The van der Waals surface area contributed by atoms with Crippen molar-refractivity contribution in [1.82, 2.24) is 14.9 Å².